The molecule has 0 fully saturated rings. The number of aromatic amines is 1. The summed E-state index contributed by atoms with van der Waals surface area (Å²) in [5, 5.41) is 2.59. The first-order valence-corrected chi connectivity index (χ1v) is 10.5. The summed E-state index contributed by atoms with van der Waals surface area (Å²) >= 11 is 1.40. The number of nitrogens with one attached hydrogen (secondary N) is 1. The van der Waals surface area contributed by atoms with Crippen LogP contribution in [-0.4, -0.2) is 26.4 Å². The molecule has 0 radical (unpaired) electrons. The number of thiazole rings is 1. The molecule has 5 nitrogen and oxygen atoms in total. The van der Waals surface area contributed by atoms with Gasteiger partial charge in [-0.1, -0.05) is 26.0 Å². The van der Waals surface area contributed by atoms with Crippen molar-refractivity contribution in [1.82, 2.24) is 19.9 Å². The Morgan fingerprint density at radius 3 is 2.60 bits per heavy atom. The number of fused-ring (bicyclic) bond motifs is 1. The summed E-state index contributed by atoms with van der Waals surface area (Å²) in [6.07, 6.45) is -3.64. The lowest BCUT2D eigenvalue weighted by Crippen LogP contribution is -2.36. The van der Waals surface area contributed by atoms with Gasteiger partial charge >= 0.3 is 6.18 Å². The van der Waals surface area contributed by atoms with Crippen molar-refractivity contribution >= 4 is 11.3 Å². The third kappa shape index (κ3) is 4.32. The molecule has 0 unspecified atom stereocenters. The van der Waals surface area contributed by atoms with Gasteiger partial charge in [0.05, 0.1) is 22.5 Å². The van der Waals surface area contributed by atoms with Crippen molar-refractivity contribution in [3.8, 4) is 10.6 Å². The van der Waals surface area contributed by atoms with Gasteiger partial charge in [0, 0.05) is 42.9 Å². The van der Waals surface area contributed by atoms with E-state index in [1.807, 2.05) is 19.2 Å². The molecule has 0 saturated carbocycles. The number of hydrogen-bond acceptors (Lipinski definition) is 5. The molecule has 4 rings (SSSR count). The summed E-state index contributed by atoms with van der Waals surface area (Å²) in [5.41, 5.74) is 2.30. The van der Waals surface area contributed by atoms with Gasteiger partial charge in [0.2, 0.25) is 0 Å². The molecule has 3 aromatic rings. The van der Waals surface area contributed by atoms with E-state index in [4.69, 9.17) is 0 Å². The van der Waals surface area contributed by atoms with Crippen molar-refractivity contribution < 1.29 is 13.2 Å². The molecule has 158 valence electrons. The molecule has 0 bridgehead atoms. The average Bonchev–Trinajstić information content (AvgIpc) is 3.16. The second-order valence-corrected chi connectivity index (χ2v) is 8.57. The summed E-state index contributed by atoms with van der Waals surface area (Å²) < 4.78 is 38.2. The van der Waals surface area contributed by atoms with Gasteiger partial charge in [0.15, 0.2) is 0 Å². The number of halogens is 3. The molecule has 1 aliphatic heterocycles. The van der Waals surface area contributed by atoms with Crippen molar-refractivity contribution in [1.29, 1.82) is 0 Å². The number of benzene rings is 1. The van der Waals surface area contributed by atoms with Crippen LogP contribution in [0.15, 0.2) is 34.4 Å². The zero-order valence-corrected chi connectivity index (χ0v) is 17.4. The van der Waals surface area contributed by atoms with E-state index < -0.39 is 11.7 Å². The summed E-state index contributed by atoms with van der Waals surface area (Å²) in [6.45, 7) is 5.84. The topological polar surface area (TPSA) is 61.9 Å². The Morgan fingerprint density at radius 2 is 1.93 bits per heavy atom. The molecule has 3 heterocycles. The second kappa shape index (κ2) is 7.96. The minimum absolute atomic E-state index is 0.0860. The predicted octanol–water partition coefficient (Wildman–Crippen LogP) is 4.59. The summed E-state index contributed by atoms with van der Waals surface area (Å²) in [4.78, 5) is 26.7. The highest BCUT2D eigenvalue weighted by Crippen LogP contribution is 2.32. The minimum atomic E-state index is -4.35. The number of alkyl halides is 3. The van der Waals surface area contributed by atoms with Gasteiger partial charge in [-0.2, -0.15) is 13.2 Å². The van der Waals surface area contributed by atoms with Gasteiger partial charge in [-0.15, -0.1) is 11.3 Å². The van der Waals surface area contributed by atoms with Crippen LogP contribution in [0.1, 0.15) is 48.1 Å². The van der Waals surface area contributed by atoms with E-state index in [-0.39, 0.29) is 11.5 Å². The molecule has 0 spiro atoms. The normalized spacial score (nSPS) is 14.9. The van der Waals surface area contributed by atoms with Crippen LogP contribution >= 0.6 is 11.3 Å². The van der Waals surface area contributed by atoms with Crippen molar-refractivity contribution in [3.63, 3.8) is 0 Å². The van der Waals surface area contributed by atoms with Crippen molar-refractivity contribution in [2.75, 3.05) is 6.54 Å². The van der Waals surface area contributed by atoms with Crippen molar-refractivity contribution in [2.45, 2.75) is 45.5 Å². The molecule has 0 amide bonds. The zero-order valence-electron chi connectivity index (χ0n) is 16.6. The van der Waals surface area contributed by atoms with E-state index in [0.29, 0.717) is 41.5 Å². The highest BCUT2D eigenvalue weighted by atomic mass is 32.1. The van der Waals surface area contributed by atoms with Crippen LogP contribution in [0.2, 0.25) is 0 Å². The highest BCUT2D eigenvalue weighted by Gasteiger charge is 2.30. The molecule has 0 atom stereocenters. The van der Waals surface area contributed by atoms with Gasteiger partial charge in [0.1, 0.15) is 10.8 Å². The molecule has 9 heteroatoms. The molecule has 1 aromatic carbocycles. The van der Waals surface area contributed by atoms with E-state index in [0.717, 1.165) is 30.1 Å². The molecule has 0 saturated heterocycles. The van der Waals surface area contributed by atoms with Gasteiger partial charge in [-0.05, 0) is 12.1 Å². The Labute approximate surface area is 175 Å². The number of aromatic nitrogens is 3. The number of nitrogens with zero attached hydrogens (tertiary/aromatic N) is 3. The molecule has 30 heavy (non-hydrogen) atoms. The standard InChI is InChI=1S/C21H21F3N4OS/c1-12(2)18-26-17-7-8-28(10-16(17)19(29)27-18)9-15-11-30-20(25-15)13-3-5-14(6-4-13)21(22,23)24/h3-6,11-12H,7-10H2,1-2H3,(H,26,27,29). The smallest absolute Gasteiger partial charge is 0.310 e. The van der Waals surface area contributed by atoms with E-state index in [2.05, 4.69) is 19.9 Å². The van der Waals surface area contributed by atoms with Crippen LogP contribution in [0.25, 0.3) is 10.6 Å². The van der Waals surface area contributed by atoms with E-state index in [1.165, 1.54) is 23.5 Å². The van der Waals surface area contributed by atoms with E-state index in [1.54, 1.807) is 0 Å². The monoisotopic (exact) mass is 434 g/mol. The fourth-order valence-electron chi connectivity index (χ4n) is 3.45. The number of hydrogen-bond donors (Lipinski definition) is 1. The quantitative estimate of drug-likeness (QED) is 0.652. The van der Waals surface area contributed by atoms with Crippen LogP contribution in [0.4, 0.5) is 13.2 Å². The van der Waals surface area contributed by atoms with Crippen LogP contribution in [0, 0.1) is 0 Å². The largest absolute Gasteiger partial charge is 0.416 e. The van der Waals surface area contributed by atoms with Crippen molar-refractivity contribution in [2.24, 2.45) is 0 Å². The van der Waals surface area contributed by atoms with E-state index in [9.17, 15) is 18.0 Å². The maximum Gasteiger partial charge on any atom is 0.416 e. The average molecular weight is 434 g/mol. The zero-order chi connectivity index (χ0) is 21.5. The third-order valence-corrected chi connectivity index (χ3v) is 6.05. The summed E-state index contributed by atoms with van der Waals surface area (Å²) in [7, 11) is 0. The van der Waals surface area contributed by atoms with Crippen molar-refractivity contribution in [3.05, 3.63) is 68.3 Å². The fourth-order valence-corrected chi connectivity index (χ4v) is 4.27. The third-order valence-electron chi connectivity index (χ3n) is 5.11. The van der Waals surface area contributed by atoms with Crippen LogP contribution in [0.3, 0.4) is 0 Å². The molecular formula is C21H21F3N4OS. The summed E-state index contributed by atoms with van der Waals surface area (Å²) in [6, 6.07) is 5.03. The Kier molecular flexibility index (Phi) is 5.50. The second-order valence-electron chi connectivity index (χ2n) is 7.71. The fraction of sp³-hybridized carbons (Fsp3) is 0.381. The lowest BCUT2D eigenvalue weighted by atomic mass is 10.1. The molecular weight excluding hydrogens is 413 g/mol. The SMILES string of the molecule is CC(C)c1nc2c(c(=O)[nH]1)CN(Cc1csc(-c3ccc(C(F)(F)F)cc3)n1)CC2. The molecule has 2 aromatic heterocycles. The van der Waals surface area contributed by atoms with E-state index >= 15 is 0 Å². The number of rotatable bonds is 4. The maximum absolute atomic E-state index is 12.7. The lowest BCUT2D eigenvalue weighted by Gasteiger charge is -2.27. The van der Waals surface area contributed by atoms with Crippen LogP contribution in [-0.2, 0) is 25.7 Å². The van der Waals surface area contributed by atoms with Crippen LogP contribution < -0.4 is 5.56 Å². The maximum atomic E-state index is 12.7. The first kappa shape index (κ1) is 20.7. The lowest BCUT2D eigenvalue weighted by molar-refractivity contribution is -0.137. The Hall–Kier alpha value is -2.52. The minimum Gasteiger partial charge on any atom is -0.310 e. The first-order valence-electron chi connectivity index (χ1n) is 9.67. The van der Waals surface area contributed by atoms with Gasteiger partial charge in [-0.3, -0.25) is 9.69 Å². The predicted molar refractivity (Wildman–Crippen MR) is 109 cm³/mol. The Bertz CT molecular complexity index is 1100. The van der Waals surface area contributed by atoms with Gasteiger partial charge in [0.25, 0.3) is 5.56 Å². The van der Waals surface area contributed by atoms with Gasteiger partial charge in [-0.25, -0.2) is 9.97 Å². The number of H-pyrrole nitrogens is 1. The highest BCUT2D eigenvalue weighted by molar-refractivity contribution is 7.13. The van der Waals surface area contributed by atoms with Gasteiger partial charge < -0.3 is 4.98 Å². The molecule has 1 aliphatic rings. The summed E-state index contributed by atoms with van der Waals surface area (Å²) in [5.74, 6) is 0.882. The molecule has 1 N–H and O–H groups in total. The Morgan fingerprint density at radius 1 is 1.20 bits per heavy atom. The first-order chi connectivity index (χ1) is 14.2. The Balaban J connectivity index is 1.47. The van der Waals surface area contributed by atoms with Crippen LogP contribution in [0.5, 0.6) is 0 Å². The molecule has 0 aliphatic carbocycles.